The molecule has 0 atom stereocenters. The zero-order valence-corrected chi connectivity index (χ0v) is 5.37. The van der Waals surface area contributed by atoms with Crippen molar-refractivity contribution in [1.82, 2.24) is 4.90 Å². The first-order chi connectivity index (χ1) is 4.34. The number of rotatable bonds is 1. The van der Waals surface area contributed by atoms with Crippen LogP contribution in [0.4, 0.5) is 0 Å². The van der Waals surface area contributed by atoms with Gasteiger partial charge in [-0.2, -0.15) is 0 Å². The Morgan fingerprint density at radius 3 is 3.00 bits per heavy atom. The van der Waals surface area contributed by atoms with Crippen LogP contribution in [0.15, 0.2) is 23.9 Å². The van der Waals surface area contributed by atoms with Gasteiger partial charge in [0.2, 0.25) is 0 Å². The zero-order valence-electron chi connectivity index (χ0n) is 5.37. The quantitative estimate of drug-likeness (QED) is 0.475. The highest BCUT2D eigenvalue weighted by Crippen LogP contribution is 2.02. The molecule has 0 radical (unpaired) electrons. The number of aldehydes is 1. The summed E-state index contributed by atoms with van der Waals surface area (Å²) in [6, 6.07) is 0. The SMILES string of the molecule is CN1CC=CC=C1C=O. The van der Waals surface area contributed by atoms with Gasteiger partial charge in [0.25, 0.3) is 0 Å². The van der Waals surface area contributed by atoms with Crippen molar-refractivity contribution in [3.05, 3.63) is 23.9 Å². The average molecular weight is 123 g/mol. The monoisotopic (exact) mass is 123 g/mol. The summed E-state index contributed by atoms with van der Waals surface area (Å²) in [7, 11) is 1.89. The molecule has 1 rings (SSSR count). The van der Waals surface area contributed by atoms with Crippen molar-refractivity contribution in [2.24, 2.45) is 0 Å². The number of hydrogen-bond donors (Lipinski definition) is 0. The molecule has 0 aliphatic carbocycles. The van der Waals surface area contributed by atoms with Crippen LogP contribution in [-0.2, 0) is 4.79 Å². The third-order valence-electron chi connectivity index (χ3n) is 1.34. The second-order valence-corrected chi connectivity index (χ2v) is 2.02. The molecule has 0 aromatic rings. The van der Waals surface area contributed by atoms with E-state index >= 15 is 0 Å². The number of carbonyl (C=O) groups is 1. The summed E-state index contributed by atoms with van der Waals surface area (Å²) < 4.78 is 0. The summed E-state index contributed by atoms with van der Waals surface area (Å²) in [5.41, 5.74) is 0.748. The molecule has 2 heteroatoms. The average Bonchev–Trinajstić information content (AvgIpc) is 1.89. The van der Waals surface area contributed by atoms with Crippen LogP contribution in [0.25, 0.3) is 0 Å². The van der Waals surface area contributed by atoms with E-state index in [0.29, 0.717) is 0 Å². The number of allylic oxidation sites excluding steroid dienone is 3. The fourth-order valence-electron chi connectivity index (χ4n) is 0.748. The molecule has 0 saturated heterocycles. The van der Waals surface area contributed by atoms with E-state index in [1.807, 2.05) is 24.1 Å². The first-order valence-corrected chi connectivity index (χ1v) is 2.88. The molecule has 1 heterocycles. The van der Waals surface area contributed by atoms with Gasteiger partial charge in [-0.25, -0.2) is 0 Å². The van der Waals surface area contributed by atoms with E-state index < -0.39 is 0 Å². The highest BCUT2D eigenvalue weighted by molar-refractivity contribution is 5.73. The first kappa shape index (κ1) is 6.08. The molecule has 0 unspecified atom stereocenters. The Hall–Kier alpha value is -1.05. The summed E-state index contributed by atoms with van der Waals surface area (Å²) in [5, 5.41) is 0. The summed E-state index contributed by atoms with van der Waals surface area (Å²) in [4.78, 5) is 12.1. The van der Waals surface area contributed by atoms with E-state index in [-0.39, 0.29) is 0 Å². The molecular weight excluding hydrogens is 114 g/mol. The Bertz CT molecular complexity index is 170. The molecule has 0 N–H and O–H groups in total. The molecule has 0 spiro atoms. The van der Waals surface area contributed by atoms with Crippen molar-refractivity contribution >= 4 is 6.29 Å². The van der Waals surface area contributed by atoms with Gasteiger partial charge < -0.3 is 4.90 Å². The summed E-state index contributed by atoms with van der Waals surface area (Å²) in [6.07, 6.45) is 6.57. The zero-order chi connectivity index (χ0) is 6.69. The number of hydrogen-bond acceptors (Lipinski definition) is 2. The van der Waals surface area contributed by atoms with E-state index in [1.165, 1.54) is 0 Å². The Kier molecular flexibility index (Phi) is 1.68. The molecule has 1 aliphatic heterocycles. The second-order valence-electron chi connectivity index (χ2n) is 2.02. The number of carbonyl (C=O) groups excluding carboxylic acids is 1. The largest absolute Gasteiger partial charge is 0.368 e. The van der Waals surface area contributed by atoms with Crippen LogP contribution >= 0.6 is 0 Å². The van der Waals surface area contributed by atoms with Crippen LogP contribution in [0.1, 0.15) is 0 Å². The van der Waals surface area contributed by atoms with Gasteiger partial charge in [-0.15, -0.1) is 0 Å². The normalized spacial score (nSPS) is 17.4. The Morgan fingerprint density at radius 1 is 1.78 bits per heavy atom. The van der Waals surface area contributed by atoms with E-state index in [4.69, 9.17) is 0 Å². The fraction of sp³-hybridized carbons (Fsp3) is 0.286. The lowest BCUT2D eigenvalue weighted by Crippen LogP contribution is -2.20. The molecule has 0 saturated carbocycles. The van der Waals surface area contributed by atoms with Crippen molar-refractivity contribution in [3.63, 3.8) is 0 Å². The molecule has 0 bridgehead atoms. The summed E-state index contributed by atoms with van der Waals surface area (Å²) in [5.74, 6) is 0. The molecule has 9 heavy (non-hydrogen) atoms. The minimum atomic E-state index is 0.748. The summed E-state index contributed by atoms with van der Waals surface area (Å²) in [6.45, 7) is 0.838. The molecule has 0 amide bonds. The highest BCUT2D eigenvalue weighted by Gasteiger charge is 2.01. The van der Waals surface area contributed by atoms with Gasteiger partial charge in [0, 0.05) is 13.6 Å². The van der Waals surface area contributed by atoms with Crippen LogP contribution < -0.4 is 0 Å². The van der Waals surface area contributed by atoms with Gasteiger partial charge in [-0.3, -0.25) is 4.79 Å². The maximum Gasteiger partial charge on any atom is 0.166 e. The molecule has 2 nitrogen and oxygen atoms in total. The van der Waals surface area contributed by atoms with E-state index in [9.17, 15) is 4.79 Å². The lowest BCUT2D eigenvalue weighted by Gasteiger charge is -2.18. The molecule has 0 fully saturated rings. The van der Waals surface area contributed by atoms with Crippen LogP contribution in [0, 0.1) is 0 Å². The lowest BCUT2D eigenvalue weighted by atomic mass is 10.3. The summed E-state index contributed by atoms with van der Waals surface area (Å²) >= 11 is 0. The van der Waals surface area contributed by atoms with Crippen molar-refractivity contribution in [1.29, 1.82) is 0 Å². The predicted molar refractivity (Wildman–Crippen MR) is 35.9 cm³/mol. The molecule has 0 aromatic heterocycles. The minimum absolute atomic E-state index is 0.748. The second kappa shape index (κ2) is 2.49. The van der Waals surface area contributed by atoms with E-state index in [2.05, 4.69) is 0 Å². The Labute approximate surface area is 54.5 Å². The van der Waals surface area contributed by atoms with Crippen LogP contribution in [0.5, 0.6) is 0 Å². The van der Waals surface area contributed by atoms with Gasteiger partial charge in [0.1, 0.15) is 0 Å². The van der Waals surface area contributed by atoms with Gasteiger partial charge in [0.15, 0.2) is 6.29 Å². The Morgan fingerprint density at radius 2 is 2.56 bits per heavy atom. The lowest BCUT2D eigenvalue weighted by molar-refractivity contribution is -0.106. The van der Waals surface area contributed by atoms with E-state index in [1.54, 1.807) is 6.08 Å². The van der Waals surface area contributed by atoms with Crippen LogP contribution in [0.2, 0.25) is 0 Å². The van der Waals surface area contributed by atoms with Gasteiger partial charge >= 0.3 is 0 Å². The maximum absolute atomic E-state index is 10.2. The molecule has 48 valence electrons. The Balaban J connectivity index is 2.74. The standard InChI is InChI=1S/C7H9NO/c1-8-5-3-2-4-7(8)6-9/h2-4,6H,5H2,1H3. The van der Waals surface area contributed by atoms with Crippen molar-refractivity contribution in [3.8, 4) is 0 Å². The van der Waals surface area contributed by atoms with Crippen molar-refractivity contribution in [2.45, 2.75) is 0 Å². The highest BCUT2D eigenvalue weighted by atomic mass is 16.1. The van der Waals surface area contributed by atoms with Gasteiger partial charge in [-0.1, -0.05) is 12.2 Å². The third-order valence-corrected chi connectivity index (χ3v) is 1.34. The maximum atomic E-state index is 10.2. The van der Waals surface area contributed by atoms with Crippen molar-refractivity contribution < 1.29 is 4.79 Å². The van der Waals surface area contributed by atoms with E-state index in [0.717, 1.165) is 18.5 Å². The third kappa shape index (κ3) is 1.19. The number of likely N-dealkylation sites (N-methyl/N-ethyl adjacent to an activating group) is 1. The van der Waals surface area contributed by atoms with Gasteiger partial charge in [0.05, 0.1) is 5.70 Å². The molecular formula is C7H9NO. The predicted octanol–water partition coefficient (Wildman–Crippen LogP) is 0.571. The van der Waals surface area contributed by atoms with Gasteiger partial charge in [-0.05, 0) is 6.08 Å². The van der Waals surface area contributed by atoms with Crippen LogP contribution in [0.3, 0.4) is 0 Å². The molecule has 1 aliphatic rings. The fourth-order valence-corrected chi connectivity index (χ4v) is 0.748. The topological polar surface area (TPSA) is 20.3 Å². The number of nitrogens with zero attached hydrogens (tertiary/aromatic N) is 1. The molecule has 0 aromatic carbocycles. The smallest absolute Gasteiger partial charge is 0.166 e. The van der Waals surface area contributed by atoms with Crippen LogP contribution in [-0.4, -0.2) is 24.8 Å². The minimum Gasteiger partial charge on any atom is -0.368 e. The van der Waals surface area contributed by atoms with Crippen molar-refractivity contribution in [2.75, 3.05) is 13.6 Å². The first-order valence-electron chi connectivity index (χ1n) is 2.88.